The molecule has 7 nitrogen and oxygen atoms in total. The molecular formula is C14H21N5O2. The molecule has 1 aromatic heterocycles. The number of amides is 2. The molecule has 2 fully saturated rings. The first-order valence-corrected chi connectivity index (χ1v) is 7.59. The molecule has 21 heavy (non-hydrogen) atoms. The van der Waals surface area contributed by atoms with Crippen LogP contribution in [0.1, 0.15) is 32.0 Å². The summed E-state index contributed by atoms with van der Waals surface area (Å²) in [5, 5.41) is 10.7. The molecule has 1 aliphatic heterocycles. The lowest BCUT2D eigenvalue weighted by Crippen LogP contribution is -2.33. The second-order valence-electron chi connectivity index (χ2n) is 5.89. The van der Waals surface area contributed by atoms with Gasteiger partial charge in [0, 0.05) is 26.1 Å². The van der Waals surface area contributed by atoms with E-state index in [0.29, 0.717) is 25.4 Å². The van der Waals surface area contributed by atoms with Gasteiger partial charge in [-0.15, -0.1) is 10.2 Å². The van der Waals surface area contributed by atoms with Crippen molar-refractivity contribution in [1.82, 2.24) is 25.0 Å². The number of carbonyl (C=O) groups excluding carboxylic acids is 2. The fourth-order valence-electron chi connectivity index (χ4n) is 2.73. The van der Waals surface area contributed by atoms with Crippen molar-refractivity contribution >= 4 is 11.8 Å². The Morgan fingerprint density at radius 1 is 1.48 bits per heavy atom. The van der Waals surface area contributed by atoms with Gasteiger partial charge in [-0.1, -0.05) is 0 Å². The van der Waals surface area contributed by atoms with E-state index in [4.69, 9.17) is 0 Å². The minimum Gasteiger partial charge on any atom is -0.348 e. The van der Waals surface area contributed by atoms with Gasteiger partial charge in [-0.25, -0.2) is 0 Å². The fourth-order valence-corrected chi connectivity index (χ4v) is 2.73. The van der Waals surface area contributed by atoms with Crippen LogP contribution in [0.25, 0.3) is 0 Å². The van der Waals surface area contributed by atoms with E-state index in [1.54, 1.807) is 6.33 Å². The molecule has 1 N–H and O–H groups in total. The molecule has 1 saturated heterocycles. The third-order valence-electron chi connectivity index (χ3n) is 4.22. The van der Waals surface area contributed by atoms with Crippen LogP contribution < -0.4 is 5.32 Å². The maximum atomic E-state index is 12.2. The molecule has 2 aliphatic rings. The Balaban J connectivity index is 1.50. The van der Waals surface area contributed by atoms with Crippen molar-refractivity contribution in [2.45, 2.75) is 39.3 Å². The van der Waals surface area contributed by atoms with Gasteiger partial charge >= 0.3 is 0 Å². The summed E-state index contributed by atoms with van der Waals surface area (Å²) in [5.74, 6) is 1.23. The predicted octanol–water partition coefficient (Wildman–Crippen LogP) is 0.173. The molecule has 2 amide bonds. The Bertz CT molecular complexity index is 537. The van der Waals surface area contributed by atoms with Gasteiger partial charge in [-0.05, 0) is 25.7 Å². The van der Waals surface area contributed by atoms with Crippen molar-refractivity contribution < 1.29 is 9.59 Å². The topological polar surface area (TPSA) is 80.1 Å². The Morgan fingerprint density at radius 2 is 2.29 bits per heavy atom. The van der Waals surface area contributed by atoms with Crippen LogP contribution in [0.5, 0.6) is 0 Å². The zero-order valence-corrected chi connectivity index (χ0v) is 12.3. The average molecular weight is 291 g/mol. The van der Waals surface area contributed by atoms with Gasteiger partial charge in [-0.3, -0.25) is 9.59 Å². The summed E-state index contributed by atoms with van der Waals surface area (Å²) < 4.78 is 1.89. The zero-order valence-electron chi connectivity index (χ0n) is 12.3. The molecular weight excluding hydrogens is 270 g/mol. The smallest absolute Gasteiger partial charge is 0.225 e. The fraction of sp³-hybridized carbons (Fsp3) is 0.714. The van der Waals surface area contributed by atoms with Gasteiger partial charge < -0.3 is 14.8 Å². The van der Waals surface area contributed by atoms with E-state index >= 15 is 0 Å². The van der Waals surface area contributed by atoms with Crippen molar-refractivity contribution in [3.63, 3.8) is 0 Å². The second kappa shape index (κ2) is 5.83. The standard InChI is InChI=1S/C14H21N5O2/c1-2-18-9-16-17-12(18)6-15-14(21)11-5-13(20)19(8-11)7-10-3-4-10/h9-11H,2-8H2,1H3,(H,15,21)/t11-/m0/s1. The molecule has 1 aliphatic carbocycles. The molecule has 1 atom stereocenters. The number of hydrogen-bond donors (Lipinski definition) is 1. The molecule has 0 spiro atoms. The van der Waals surface area contributed by atoms with Crippen molar-refractivity contribution in [2.24, 2.45) is 11.8 Å². The molecule has 1 aromatic rings. The zero-order chi connectivity index (χ0) is 14.8. The van der Waals surface area contributed by atoms with Gasteiger partial charge in [0.15, 0.2) is 5.82 Å². The van der Waals surface area contributed by atoms with Crippen LogP contribution in [-0.4, -0.2) is 44.6 Å². The monoisotopic (exact) mass is 291 g/mol. The Morgan fingerprint density at radius 3 is 3.00 bits per heavy atom. The van der Waals surface area contributed by atoms with E-state index < -0.39 is 0 Å². The minimum absolute atomic E-state index is 0.0627. The summed E-state index contributed by atoms with van der Waals surface area (Å²) in [4.78, 5) is 25.9. The highest BCUT2D eigenvalue weighted by Gasteiger charge is 2.37. The van der Waals surface area contributed by atoms with Crippen molar-refractivity contribution in [1.29, 1.82) is 0 Å². The average Bonchev–Trinajstić information content (AvgIpc) is 3.05. The highest BCUT2D eigenvalue weighted by atomic mass is 16.2. The first-order chi connectivity index (χ1) is 10.2. The molecule has 0 aromatic carbocycles. The van der Waals surface area contributed by atoms with Gasteiger partial charge in [0.1, 0.15) is 6.33 Å². The second-order valence-corrected chi connectivity index (χ2v) is 5.89. The number of likely N-dealkylation sites (tertiary alicyclic amines) is 1. The lowest BCUT2D eigenvalue weighted by molar-refractivity contribution is -0.129. The molecule has 1 saturated carbocycles. The summed E-state index contributed by atoms with van der Waals surface area (Å²) in [6.07, 6.45) is 4.41. The highest BCUT2D eigenvalue weighted by molar-refractivity contribution is 5.89. The van der Waals surface area contributed by atoms with Crippen LogP contribution in [-0.2, 0) is 22.7 Å². The molecule has 0 radical (unpaired) electrons. The largest absolute Gasteiger partial charge is 0.348 e. The quantitative estimate of drug-likeness (QED) is 0.810. The Kier molecular flexibility index (Phi) is 3.90. The number of carbonyl (C=O) groups is 2. The van der Waals surface area contributed by atoms with E-state index in [2.05, 4.69) is 15.5 Å². The van der Waals surface area contributed by atoms with E-state index in [0.717, 1.165) is 18.9 Å². The maximum absolute atomic E-state index is 12.2. The van der Waals surface area contributed by atoms with Gasteiger partial charge in [-0.2, -0.15) is 0 Å². The molecule has 7 heteroatoms. The van der Waals surface area contributed by atoms with Crippen molar-refractivity contribution in [3.8, 4) is 0 Å². The van der Waals surface area contributed by atoms with E-state index in [9.17, 15) is 9.59 Å². The first-order valence-electron chi connectivity index (χ1n) is 7.59. The van der Waals surface area contributed by atoms with Gasteiger partial charge in [0.05, 0.1) is 12.5 Å². The highest BCUT2D eigenvalue weighted by Crippen LogP contribution is 2.31. The maximum Gasteiger partial charge on any atom is 0.225 e. The summed E-state index contributed by atoms with van der Waals surface area (Å²) in [7, 11) is 0. The van der Waals surface area contributed by atoms with Crippen LogP contribution >= 0.6 is 0 Å². The Hall–Kier alpha value is -1.92. The lowest BCUT2D eigenvalue weighted by Gasteiger charge is -2.15. The number of aromatic nitrogens is 3. The number of nitrogens with one attached hydrogen (secondary N) is 1. The van der Waals surface area contributed by atoms with Gasteiger partial charge in [0.25, 0.3) is 0 Å². The van der Waals surface area contributed by atoms with Crippen LogP contribution in [0.2, 0.25) is 0 Å². The molecule has 0 bridgehead atoms. The molecule has 114 valence electrons. The third-order valence-corrected chi connectivity index (χ3v) is 4.22. The Labute approximate surface area is 123 Å². The number of rotatable bonds is 6. The number of nitrogens with zero attached hydrogens (tertiary/aromatic N) is 4. The van der Waals surface area contributed by atoms with Crippen LogP contribution in [0.3, 0.4) is 0 Å². The molecule has 3 rings (SSSR count). The van der Waals surface area contributed by atoms with E-state index in [1.807, 2.05) is 16.4 Å². The summed E-state index contributed by atoms with van der Waals surface area (Å²) in [6, 6.07) is 0. The lowest BCUT2D eigenvalue weighted by atomic mass is 10.1. The molecule has 2 heterocycles. The van der Waals surface area contributed by atoms with Crippen LogP contribution in [0.4, 0.5) is 0 Å². The summed E-state index contributed by atoms with van der Waals surface area (Å²) in [5.41, 5.74) is 0. The van der Waals surface area contributed by atoms with Crippen molar-refractivity contribution in [2.75, 3.05) is 13.1 Å². The number of aryl methyl sites for hydroxylation is 1. The van der Waals surface area contributed by atoms with Gasteiger partial charge in [0.2, 0.25) is 11.8 Å². The van der Waals surface area contributed by atoms with Crippen LogP contribution in [0.15, 0.2) is 6.33 Å². The normalized spacial score (nSPS) is 21.9. The number of hydrogen-bond acceptors (Lipinski definition) is 4. The summed E-state index contributed by atoms with van der Waals surface area (Å²) in [6.45, 7) is 4.52. The van der Waals surface area contributed by atoms with E-state index in [-0.39, 0.29) is 17.7 Å². The molecule has 0 unspecified atom stereocenters. The minimum atomic E-state index is -0.228. The predicted molar refractivity (Wildman–Crippen MR) is 75.0 cm³/mol. The third kappa shape index (κ3) is 3.22. The summed E-state index contributed by atoms with van der Waals surface area (Å²) >= 11 is 0. The first kappa shape index (κ1) is 14.0. The van der Waals surface area contributed by atoms with Crippen LogP contribution in [0, 0.1) is 11.8 Å². The van der Waals surface area contributed by atoms with E-state index in [1.165, 1.54) is 12.8 Å². The SMILES string of the molecule is CCn1cnnc1CNC(=O)[C@H]1CC(=O)N(CC2CC2)C1. The van der Waals surface area contributed by atoms with Crippen molar-refractivity contribution in [3.05, 3.63) is 12.2 Å².